The third-order valence-corrected chi connectivity index (χ3v) is 8.55. The van der Waals surface area contributed by atoms with E-state index >= 15 is 0 Å². The van der Waals surface area contributed by atoms with Crippen LogP contribution in [0, 0.1) is 0 Å². The first-order valence-corrected chi connectivity index (χ1v) is 18.0. The molecule has 6 rings (SSSR count). The van der Waals surface area contributed by atoms with Gasteiger partial charge in [0.2, 0.25) is 12.4 Å². The van der Waals surface area contributed by atoms with Gasteiger partial charge in [-0.15, -0.1) is 0 Å². The molecule has 1 fully saturated rings. The summed E-state index contributed by atoms with van der Waals surface area (Å²) < 4.78 is 42.3. The monoisotopic (exact) mass is 771 g/mol. The van der Waals surface area contributed by atoms with E-state index in [1.54, 1.807) is 109 Å². The minimum atomic E-state index is -1.57. The number of hydrogen-bond donors (Lipinski definition) is 0. The van der Waals surface area contributed by atoms with E-state index in [1.807, 2.05) is 0 Å². The molecule has 57 heavy (non-hydrogen) atoms. The lowest BCUT2D eigenvalue weighted by atomic mass is 9.97. The quantitative estimate of drug-likeness (QED) is 0.0243. The van der Waals surface area contributed by atoms with Crippen LogP contribution in [-0.4, -0.2) is 74.3 Å². The van der Waals surface area contributed by atoms with Gasteiger partial charge in [0.05, 0.1) is 28.9 Å². The van der Waals surface area contributed by atoms with Crippen molar-refractivity contribution in [2.75, 3.05) is 19.8 Å². The van der Waals surface area contributed by atoms with Crippen molar-refractivity contribution in [3.8, 4) is 11.5 Å². The molecule has 0 aliphatic carbocycles. The van der Waals surface area contributed by atoms with Crippen LogP contribution in [-0.2, 0) is 23.7 Å². The summed E-state index contributed by atoms with van der Waals surface area (Å²) in [5.41, 5.74) is 9.25. The van der Waals surface area contributed by atoms with Crippen LogP contribution in [0.4, 0.5) is 0 Å². The molecule has 290 valence electrons. The maximum Gasteiger partial charge on any atom is 0.338 e. The molecule has 0 radical (unpaired) electrons. The summed E-state index contributed by atoms with van der Waals surface area (Å²) >= 11 is 0. The summed E-state index contributed by atoms with van der Waals surface area (Å²) in [7, 11) is 0. The summed E-state index contributed by atoms with van der Waals surface area (Å²) in [4.78, 5) is 57.2. The minimum absolute atomic E-state index is 0.157. The fourth-order valence-electron chi connectivity index (χ4n) is 5.74. The molecule has 0 aromatic heterocycles. The number of azide groups is 1. The Labute approximate surface area is 327 Å². The zero-order valence-electron chi connectivity index (χ0n) is 30.4. The fraction of sp³-hybridized carbons (Fsp3) is 0.209. The summed E-state index contributed by atoms with van der Waals surface area (Å²) in [6.07, 6.45) is -6.98. The molecule has 5 aromatic rings. The SMILES string of the molecule is [N-]=[N+]=NCCCOc1ccc(O[C@H]2OC(COC(=O)c3ccccc3)[C@@H](OC(=O)c3ccccc3)C(OC(=O)c3ccccc3)C2OC(=O)c2ccccc2)cc1. The average molecular weight is 772 g/mol. The molecule has 5 aromatic carbocycles. The van der Waals surface area contributed by atoms with Crippen LogP contribution in [0.15, 0.2) is 151 Å². The van der Waals surface area contributed by atoms with Gasteiger partial charge in [0.15, 0.2) is 12.2 Å². The van der Waals surface area contributed by atoms with Crippen molar-refractivity contribution in [1.29, 1.82) is 0 Å². The minimum Gasteiger partial charge on any atom is -0.494 e. The third-order valence-electron chi connectivity index (χ3n) is 8.55. The number of ether oxygens (including phenoxy) is 7. The lowest BCUT2D eigenvalue weighted by Gasteiger charge is -2.44. The molecular weight excluding hydrogens is 734 g/mol. The zero-order valence-corrected chi connectivity index (χ0v) is 30.4. The number of carbonyl (C=O) groups is 4. The van der Waals surface area contributed by atoms with Crippen LogP contribution in [0.2, 0.25) is 0 Å². The average Bonchev–Trinajstić information content (AvgIpc) is 3.26. The first-order valence-electron chi connectivity index (χ1n) is 18.0. The third kappa shape index (κ3) is 11.0. The molecule has 5 atom stereocenters. The standard InChI is InChI=1S/C43H37N3O11/c44-46-45-26-13-27-51-33-22-24-34(25-23-33)53-43-38(57-42(50)32-20-11-4-12-21-32)37(56-41(49)31-18-9-3-10-19-31)36(55-40(48)30-16-7-2-8-17-30)35(54-43)28-52-39(47)29-14-5-1-6-15-29/h1-12,14-25,35-38,43H,13,26-28H2/t35?,36-,37?,38?,43+/m1/s1. The molecule has 0 amide bonds. The topological polar surface area (TPSA) is 182 Å². The van der Waals surface area contributed by atoms with E-state index < -0.39 is 61.2 Å². The lowest BCUT2D eigenvalue weighted by Crippen LogP contribution is -2.63. The van der Waals surface area contributed by atoms with Crippen LogP contribution < -0.4 is 9.47 Å². The second kappa shape index (κ2) is 20.0. The number of rotatable bonds is 16. The van der Waals surface area contributed by atoms with Gasteiger partial charge < -0.3 is 33.2 Å². The van der Waals surface area contributed by atoms with Gasteiger partial charge in [-0.25, -0.2) is 19.2 Å². The Balaban J connectivity index is 1.37. The highest BCUT2D eigenvalue weighted by Crippen LogP contribution is 2.33. The van der Waals surface area contributed by atoms with E-state index in [4.69, 9.17) is 38.7 Å². The van der Waals surface area contributed by atoms with Crippen molar-refractivity contribution < 1.29 is 52.3 Å². The van der Waals surface area contributed by atoms with Gasteiger partial charge in [-0.1, -0.05) is 77.9 Å². The summed E-state index contributed by atoms with van der Waals surface area (Å²) in [6.45, 7) is 0.0738. The maximum atomic E-state index is 13.8. The van der Waals surface area contributed by atoms with E-state index in [2.05, 4.69) is 10.0 Å². The molecule has 1 heterocycles. The van der Waals surface area contributed by atoms with Gasteiger partial charge in [0.25, 0.3) is 0 Å². The van der Waals surface area contributed by atoms with E-state index in [-0.39, 0.29) is 34.5 Å². The van der Waals surface area contributed by atoms with Crippen molar-refractivity contribution in [3.63, 3.8) is 0 Å². The van der Waals surface area contributed by atoms with Crippen molar-refractivity contribution >= 4 is 23.9 Å². The molecular formula is C43H37N3O11. The number of nitrogens with zero attached hydrogens (tertiary/aromatic N) is 3. The highest BCUT2D eigenvalue weighted by atomic mass is 16.7. The molecule has 1 aliphatic rings. The summed E-state index contributed by atoms with van der Waals surface area (Å²) in [6, 6.07) is 38.9. The van der Waals surface area contributed by atoms with E-state index in [0.717, 1.165) is 0 Å². The second-order valence-electron chi connectivity index (χ2n) is 12.5. The summed E-state index contributed by atoms with van der Waals surface area (Å²) in [5, 5.41) is 3.49. The molecule has 0 bridgehead atoms. The van der Waals surface area contributed by atoms with Crippen molar-refractivity contribution in [2.24, 2.45) is 5.11 Å². The predicted octanol–water partition coefficient (Wildman–Crippen LogP) is 7.40. The highest BCUT2D eigenvalue weighted by Gasteiger charge is 2.54. The molecule has 1 saturated heterocycles. The van der Waals surface area contributed by atoms with E-state index in [0.29, 0.717) is 18.8 Å². The highest BCUT2D eigenvalue weighted by molar-refractivity contribution is 5.91. The second-order valence-corrected chi connectivity index (χ2v) is 12.5. The van der Waals surface area contributed by atoms with Gasteiger partial charge in [-0.05, 0) is 84.7 Å². The van der Waals surface area contributed by atoms with Crippen LogP contribution in [0.5, 0.6) is 11.5 Å². The van der Waals surface area contributed by atoms with E-state index in [9.17, 15) is 19.2 Å². The Bertz CT molecular complexity index is 2130. The zero-order chi connectivity index (χ0) is 39.8. The van der Waals surface area contributed by atoms with Gasteiger partial charge in [-0.3, -0.25) is 0 Å². The Morgan fingerprint density at radius 1 is 0.561 bits per heavy atom. The predicted molar refractivity (Wildman–Crippen MR) is 204 cm³/mol. The van der Waals surface area contributed by atoms with Crippen molar-refractivity contribution in [2.45, 2.75) is 37.1 Å². The van der Waals surface area contributed by atoms with Crippen molar-refractivity contribution in [1.82, 2.24) is 0 Å². The summed E-state index contributed by atoms with van der Waals surface area (Å²) in [5.74, 6) is -2.43. The van der Waals surface area contributed by atoms with Crippen LogP contribution in [0.25, 0.3) is 10.4 Å². The first-order chi connectivity index (χ1) is 27.9. The van der Waals surface area contributed by atoms with Gasteiger partial charge >= 0.3 is 23.9 Å². The molecule has 14 nitrogen and oxygen atoms in total. The fourth-order valence-corrected chi connectivity index (χ4v) is 5.74. The maximum absolute atomic E-state index is 13.8. The van der Waals surface area contributed by atoms with Gasteiger partial charge in [0, 0.05) is 11.5 Å². The Morgan fingerprint density at radius 2 is 1.00 bits per heavy atom. The van der Waals surface area contributed by atoms with Crippen molar-refractivity contribution in [3.05, 3.63) is 178 Å². The molecule has 0 saturated carbocycles. The largest absolute Gasteiger partial charge is 0.494 e. The number of hydrogen-bond acceptors (Lipinski definition) is 12. The Morgan fingerprint density at radius 3 is 1.49 bits per heavy atom. The molecule has 14 heteroatoms. The Kier molecular flexibility index (Phi) is 13.8. The number of esters is 4. The lowest BCUT2D eigenvalue weighted by molar-refractivity contribution is -0.275. The number of benzene rings is 5. The van der Waals surface area contributed by atoms with Crippen LogP contribution in [0.1, 0.15) is 47.9 Å². The van der Waals surface area contributed by atoms with E-state index in [1.165, 1.54) is 36.4 Å². The molecule has 0 N–H and O–H groups in total. The Hall–Kier alpha value is -7.15. The molecule has 0 spiro atoms. The van der Waals surface area contributed by atoms with Gasteiger partial charge in [0.1, 0.15) is 24.2 Å². The smallest absolute Gasteiger partial charge is 0.338 e. The van der Waals surface area contributed by atoms with Gasteiger partial charge in [-0.2, -0.15) is 0 Å². The molecule has 1 aliphatic heterocycles. The first kappa shape index (κ1) is 39.5. The van der Waals surface area contributed by atoms with Crippen LogP contribution in [0.3, 0.4) is 0 Å². The normalized spacial score (nSPS) is 18.5. The number of carbonyl (C=O) groups excluding carboxylic acids is 4. The van der Waals surface area contributed by atoms with Crippen LogP contribution >= 0.6 is 0 Å². The molecule has 3 unspecified atom stereocenters.